The normalized spacial score (nSPS) is 31.9. The topological polar surface area (TPSA) is 265 Å². The number of esters is 1. The van der Waals surface area contributed by atoms with Crippen molar-refractivity contribution in [3.05, 3.63) is 175 Å². The van der Waals surface area contributed by atoms with Gasteiger partial charge >= 0.3 is 5.97 Å². The summed E-state index contributed by atoms with van der Waals surface area (Å²) in [5, 5.41) is 12.3. The fourth-order valence-electron chi connectivity index (χ4n) is 8.71. The summed E-state index contributed by atoms with van der Waals surface area (Å²) in [5.74, 6) is -0.890. The van der Waals surface area contributed by atoms with E-state index in [1.807, 2.05) is 121 Å². The molecule has 8 rings (SSSR count). The van der Waals surface area contributed by atoms with E-state index in [1.165, 1.54) is 7.11 Å². The molecule has 4 aromatic carbocycles. The van der Waals surface area contributed by atoms with Crippen molar-refractivity contribution in [3.63, 3.8) is 0 Å². The van der Waals surface area contributed by atoms with Gasteiger partial charge in [-0.2, -0.15) is 0 Å². The summed E-state index contributed by atoms with van der Waals surface area (Å²) < 4.78 is 70.3. The third kappa shape index (κ3) is 11.6. The molecule has 0 amide bonds. The molecule has 4 aliphatic rings. The maximum absolute atomic E-state index is 14.1. The predicted octanol–water partition coefficient (Wildman–Crippen LogP) is 7.53. The average Bonchev–Trinajstić information content (AvgIpc) is 3.82. The van der Waals surface area contributed by atoms with Gasteiger partial charge in [-0.05, 0) is 45.8 Å². The first kappa shape index (κ1) is 48.3. The Morgan fingerprint density at radius 2 is 0.971 bits per heavy atom. The second-order valence-electron chi connectivity index (χ2n) is 16.4. The van der Waals surface area contributed by atoms with E-state index in [2.05, 4.69) is 30.1 Å². The summed E-state index contributed by atoms with van der Waals surface area (Å²) in [4.78, 5) is 23.5. The number of azide groups is 3. The van der Waals surface area contributed by atoms with Gasteiger partial charge in [0.15, 0.2) is 25.0 Å². The van der Waals surface area contributed by atoms with Crippen LogP contribution in [0, 0.1) is 0 Å². The molecule has 0 unspecified atom stereocenters. The summed E-state index contributed by atoms with van der Waals surface area (Å²) in [6, 6.07) is 34.1. The molecule has 4 aromatic rings. The first-order valence-electron chi connectivity index (χ1n) is 22.1. The Kier molecular flexibility index (Phi) is 16.9. The fraction of sp³-hybridized carbons (Fsp3) is 0.468. The van der Waals surface area contributed by atoms with E-state index in [4.69, 9.17) is 52.1 Å². The maximum atomic E-state index is 14.1. The van der Waals surface area contributed by atoms with Crippen molar-refractivity contribution >= 4 is 5.97 Å². The second kappa shape index (κ2) is 23.7. The van der Waals surface area contributed by atoms with Gasteiger partial charge in [-0.3, -0.25) is 0 Å². The van der Waals surface area contributed by atoms with Crippen molar-refractivity contribution in [1.29, 1.82) is 0 Å². The predicted molar refractivity (Wildman–Crippen MR) is 238 cm³/mol. The molecule has 0 aromatic heterocycles. The first-order valence-corrected chi connectivity index (χ1v) is 22.1. The number of ether oxygens (including phenoxy) is 11. The molecule has 4 aliphatic heterocycles. The molecule has 4 fully saturated rings. The highest BCUT2D eigenvalue weighted by molar-refractivity contribution is 5.75. The van der Waals surface area contributed by atoms with Crippen LogP contribution in [0.15, 0.2) is 137 Å². The SMILES string of the molecule is COC(=O)[C@H]1O[C@@H](O[C@H]2[C@H](OCc3ccccc3)[C@@H](N=[N+]=[N-])[C@@H]3OC[C@H]2O3)[C@@H](N=[N+]=[N-])[C@@H](OCc2ccccc2)[C@@H]1O[C@H]1O[C@H](C)[C@H](N=[N+]=[N-])[C@H](OCc2ccccc2)[C@H]1OCc1ccccc1. The van der Waals surface area contributed by atoms with Crippen molar-refractivity contribution in [2.24, 2.45) is 15.3 Å². The number of hydrogen-bond donors (Lipinski definition) is 0. The summed E-state index contributed by atoms with van der Waals surface area (Å²) >= 11 is 0. The Hall–Kier alpha value is -6.12. The van der Waals surface area contributed by atoms with E-state index in [-0.39, 0.29) is 33.0 Å². The van der Waals surface area contributed by atoms with Gasteiger partial charge in [-0.15, -0.1) is 0 Å². The fourth-order valence-corrected chi connectivity index (χ4v) is 8.71. The van der Waals surface area contributed by atoms with Crippen LogP contribution < -0.4 is 0 Å². The van der Waals surface area contributed by atoms with Crippen LogP contribution in [-0.4, -0.2) is 112 Å². The average molecular weight is 934 g/mol. The number of fused-ring (bicyclic) bond motifs is 2. The molecule has 0 aliphatic carbocycles. The number of carbonyl (C=O) groups excluding carboxylic acids is 1. The zero-order chi connectivity index (χ0) is 47.2. The Bertz CT molecular complexity index is 2380. The molecule has 15 atom stereocenters. The molecule has 356 valence electrons. The van der Waals surface area contributed by atoms with Crippen LogP contribution in [0.5, 0.6) is 0 Å². The largest absolute Gasteiger partial charge is 0.467 e. The first-order chi connectivity index (χ1) is 33.4. The molecule has 21 heteroatoms. The van der Waals surface area contributed by atoms with Crippen LogP contribution in [0.1, 0.15) is 29.2 Å². The van der Waals surface area contributed by atoms with Crippen molar-refractivity contribution in [2.45, 2.75) is 125 Å². The van der Waals surface area contributed by atoms with E-state index in [1.54, 1.807) is 6.92 Å². The summed E-state index contributed by atoms with van der Waals surface area (Å²) in [7, 11) is 1.18. The molecular formula is C47H51N9O12. The Labute approximate surface area is 391 Å². The third-order valence-corrected chi connectivity index (χ3v) is 12.0. The Morgan fingerprint density at radius 3 is 1.46 bits per heavy atom. The minimum absolute atomic E-state index is 0.0307. The number of benzene rings is 4. The lowest BCUT2D eigenvalue weighted by Crippen LogP contribution is -2.66. The number of carbonyl (C=O) groups is 1. The summed E-state index contributed by atoms with van der Waals surface area (Å²) in [6.07, 6.45) is -13.9. The molecule has 0 radical (unpaired) electrons. The van der Waals surface area contributed by atoms with Crippen LogP contribution >= 0.6 is 0 Å². The van der Waals surface area contributed by atoms with Crippen molar-refractivity contribution < 1.29 is 56.9 Å². The number of hydrogen-bond acceptors (Lipinski definition) is 15. The van der Waals surface area contributed by atoms with Gasteiger partial charge in [0.1, 0.15) is 54.8 Å². The van der Waals surface area contributed by atoms with Crippen molar-refractivity contribution in [2.75, 3.05) is 13.7 Å². The van der Waals surface area contributed by atoms with E-state index in [0.29, 0.717) is 0 Å². The number of nitrogens with zero attached hydrogens (tertiary/aromatic N) is 9. The van der Waals surface area contributed by atoms with Gasteiger partial charge in [-0.25, -0.2) is 4.79 Å². The lowest BCUT2D eigenvalue weighted by molar-refractivity contribution is -0.350. The van der Waals surface area contributed by atoms with Gasteiger partial charge in [0.2, 0.25) is 0 Å². The second-order valence-corrected chi connectivity index (χ2v) is 16.4. The molecule has 4 saturated heterocycles. The smallest absolute Gasteiger partial charge is 0.337 e. The minimum Gasteiger partial charge on any atom is -0.467 e. The lowest BCUT2D eigenvalue weighted by atomic mass is 9.94. The monoisotopic (exact) mass is 933 g/mol. The van der Waals surface area contributed by atoms with Crippen LogP contribution in [0.2, 0.25) is 0 Å². The van der Waals surface area contributed by atoms with Gasteiger partial charge in [-0.1, -0.05) is 137 Å². The molecular weight excluding hydrogens is 883 g/mol. The standard InChI is InChI=1S/C47H51N9O12/c1-28-34(51-54-48)38(59-23-29-15-7-3-8-16-29)43(62-26-32-21-13-6-14-22-32)47(64-28)67-41-40(61-25-31-19-11-5-12-20-31)36(53-56-50)46(68-42(41)44(57)58-2)66-37-33-27-63-45(65-33)35(52-55-49)39(37)60-24-30-17-9-4-10-18-30/h3-22,28,33-43,45-47H,23-27H2,1-2H3/t28-,33-,34+,35-,36+,37-,38+,39-,40-,41+,42+,43-,45-,46-,47-/m1/s1. The van der Waals surface area contributed by atoms with Gasteiger partial charge in [0.05, 0.1) is 52.3 Å². The summed E-state index contributed by atoms with van der Waals surface area (Å²) in [5.41, 5.74) is 32.8. The van der Waals surface area contributed by atoms with E-state index in [0.717, 1.165) is 22.3 Å². The molecule has 2 bridgehead atoms. The van der Waals surface area contributed by atoms with E-state index >= 15 is 0 Å². The summed E-state index contributed by atoms with van der Waals surface area (Å²) in [6.45, 7) is 1.96. The van der Waals surface area contributed by atoms with E-state index < -0.39 is 97.9 Å². The highest BCUT2D eigenvalue weighted by atomic mass is 16.8. The molecule has 21 nitrogen and oxygen atoms in total. The Morgan fingerprint density at radius 1 is 0.544 bits per heavy atom. The zero-order valence-corrected chi connectivity index (χ0v) is 37.2. The van der Waals surface area contributed by atoms with Gasteiger partial charge in [0.25, 0.3) is 0 Å². The molecule has 0 spiro atoms. The lowest BCUT2D eigenvalue weighted by Gasteiger charge is -2.49. The van der Waals surface area contributed by atoms with Crippen LogP contribution in [0.25, 0.3) is 31.3 Å². The van der Waals surface area contributed by atoms with Crippen molar-refractivity contribution in [3.8, 4) is 0 Å². The molecule has 0 saturated carbocycles. The molecule has 68 heavy (non-hydrogen) atoms. The third-order valence-electron chi connectivity index (χ3n) is 12.0. The minimum atomic E-state index is -1.63. The van der Waals surface area contributed by atoms with Gasteiger partial charge in [0, 0.05) is 14.7 Å². The quantitative estimate of drug-likeness (QED) is 0.0360. The van der Waals surface area contributed by atoms with Gasteiger partial charge < -0.3 is 52.1 Å². The number of rotatable bonds is 20. The number of methoxy groups -OCH3 is 1. The van der Waals surface area contributed by atoms with E-state index in [9.17, 15) is 21.4 Å². The van der Waals surface area contributed by atoms with Crippen LogP contribution in [0.4, 0.5) is 0 Å². The highest BCUT2D eigenvalue weighted by Gasteiger charge is 2.58. The Balaban J connectivity index is 1.16. The maximum Gasteiger partial charge on any atom is 0.337 e. The zero-order valence-electron chi connectivity index (χ0n) is 37.2. The van der Waals surface area contributed by atoms with Crippen LogP contribution in [0.3, 0.4) is 0 Å². The van der Waals surface area contributed by atoms with Crippen molar-refractivity contribution in [1.82, 2.24) is 0 Å². The van der Waals surface area contributed by atoms with Crippen LogP contribution in [-0.2, 0) is 83.3 Å². The molecule has 0 N–H and O–H groups in total. The molecule has 4 heterocycles. The highest BCUT2D eigenvalue weighted by Crippen LogP contribution is 2.40.